The van der Waals surface area contributed by atoms with E-state index in [0.717, 1.165) is 16.3 Å². The van der Waals surface area contributed by atoms with E-state index in [1.54, 1.807) is 26.4 Å². The van der Waals surface area contributed by atoms with Gasteiger partial charge >= 0.3 is 5.97 Å². The maximum atomic E-state index is 13.1. The number of pyridine rings is 1. The van der Waals surface area contributed by atoms with E-state index in [-0.39, 0.29) is 16.9 Å². The molecule has 0 aliphatic carbocycles. The van der Waals surface area contributed by atoms with Gasteiger partial charge in [-0.05, 0) is 42.2 Å². The highest BCUT2D eigenvalue weighted by molar-refractivity contribution is 7.89. The van der Waals surface area contributed by atoms with Crippen LogP contribution in [0.5, 0.6) is 5.75 Å². The zero-order valence-corrected chi connectivity index (χ0v) is 21.2. The van der Waals surface area contributed by atoms with Crippen LogP contribution in [0.1, 0.15) is 18.9 Å². The fourth-order valence-corrected chi connectivity index (χ4v) is 4.97. The minimum Gasteiger partial charge on any atom is -0.489 e. The van der Waals surface area contributed by atoms with Crippen molar-refractivity contribution in [1.29, 1.82) is 0 Å². The van der Waals surface area contributed by atoms with Crippen LogP contribution in [-0.2, 0) is 26.0 Å². The topological polar surface area (TPSA) is 147 Å². The molecule has 3 rings (SSSR count). The molecule has 0 aliphatic heterocycles. The molecule has 1 aromatic heterocycles. The van der Waals surface area contributed by atoms with Crippen molar-refractivity contribution in [2.75, 3.05) is 12.4 Å². The van der Waals surface area contributed by atoms with Gasteiger partial charge in [0.1, 0.15) is 23.0 Å². The molecule has 4 N–H and O–H groups in total. The van der Waals surface area contributed by atoms with E-state index in [2.05, 4.69) is 20.3 Å². The van der Waals surface area contributed by atoms with Gasteiger partial charge in [-0.1, -0.05) is 24.3 Å². The number of aliphatic carboxylic acids is 1. The first kappa shape index (κ1) is 27.0. The Morgan fingerprint density at radius 2 is 1.97 bits per heavy atom. The van der Waals surface area contributed by atoms with Crippen molar-refractivity contribution in [1.82, 2.24) is 15.0 Å². The molecule has 0 aliphatic rings. The minimum atomic E-state index is -4.31. The first-order chi connectivity index (χ1) is 17.1. The van der Waals surface area contributed by atoms with Crippen LogP contribution in [0.4, 0.5) is 5.69 Å². The molecule has 2 atom stereocenters. The third kappa shape index (κ3) is 6.97. The van der Waals surface area contributed by atoms with E-state index >= 15 is 0 Å². The minimum absolute atomic E-state index is 0.00655. The molecule has 3 aromatic rings. The number of rotatable bonds is 11. The van der Waals surface area contributed by atoms with Crippen LogP contribution in [0.2, 0.25) is 0 Å². The molecule has 10 nitrogen and oxygen atoms in total. The van der Waals surface area contributed by atoms with Gasteiger partial charge in [0.2, 0.25) is 10.0 Å². The molecule has 0 amide bonds. The molecule has 1 heterocycles. The maximum absolute atomic E-state index is 13.1. The van der Waals surface area contributed by atoms with Gasteiger partial charge in [0.25, 0.3) is 0 Å². The summed E-state index contributed by atoms with van der Waals surface area (Å²) in [6.45, 7) is 1.79. The second kappa shape index (κ2) is 11.9. The summed E-state index contributed by atoms with van der Waals surface area (Å²) in [5.41, 5.74) is 1.40. The highest BCUT2D eigenvalue weighted by Gasteiger charge is 2.26. The number of sulfonamides is 1. The number of hydrogen-bond donors (Lipinski definition) is 4. The average Bonchev–Trinajstić information content (AvgIpc) is 2.83. The molecule has 2 aromatic carbocycles. The van der Waals surface area contributed by atoms with Crippen LogP contribution < -0.4 is 20.1 Å². The number of nitrogens with one attached hydrogen (secondary N) is 3. The van der Waals surface area contributed by atoms with Gasteiger partial charge in [-0.3, -0.25) is 9.78 Å². The van der Waals surface area contributed by atoms with Crippen LogP contribution in [-0.4, -0.2) is 55.1 Å². The van der Waals surface area contributed by atoms with E-state index in [1.165, 1.54) is 18.2 Å². The quantitative estimate of drug-likeness (QED) is 0.215. The number of thiocarbonyl (C=S) groups is 1. The molecule has 0 fully saturated rings. The molecular weight excluding hydrogens is 504 g/mol. The van der Waals surface area contributed by atoms with Crippen molar-refractivity contribution in [3.63, 3.8) is 0 Å². The van der Waals surface area contributed by atoms with Gasteiger partial charge < -0.3 is 25.3 Å². The lowest BCUT2D eigenvalue weighted by atomic mass is 10.0. The summed E-state index contributed by atoms with van der Waals surface area (Å²) in [7, 11) is -2.67. The van der Waals surface area contributed by atoms with E-state index < -0.39 is 34.6 Å². The van der Waals surface area contributed by atoms with Gasteiger partial charge in [-0.15, -0.1) is 0 Å². The van der Waals surface area contributed by atoms with Crippen LogP contribution >= 0.6 is 12.2 Å². The van der Waals surface area contributed by atoms with Crippen LogP contribution in [0.25, 0.3) is 10.8 Å². The highest BCUT2D eigenvalue weighted by atomic mass is 32.2. The SMILES string of the molecule is CNC(=S)Nc1ccc(S(=O)(=O)NC(C=O)CC(=O)O)c(OC(C)Cc2cncc3ccccc23)c1. The molecule has 2 unspecified atom stereocenters. The highest BCUT2D eigenvalue weighted by Crippen LogP contribution is 2.30. The fourth-order valence-electron chi connectivity index (χ4n) is 3.57. The smallest absolute Gasteiger partial charge is 0.305 e. The fraction of sp³-hybridized carbons (Fsp3) is 0.250. The number of anilines is 1. The number of carboxylic acids is 1. The number of benzene rings is 2. The standard InChI is InChI=1S/C24H26N4O6S2/c1-15(9-17-13-26-12-16-5-3-4-6-20(16)17)34-21-10-18(27-24(35)25-2)7-8-22(21)36(32,33)28-19(14-29)11-23(30)31/h3-8,10,12-15,19,28H,9,11H2,1-2H3,(H,30,31)(H2,25,27,35). The Hall–Kier alpha value is -3.61. The predicted molar refractivity (Wildman–Crippen MR) is 140 cm³/mol. The van der Waals surface area contributed by atoms with Gasteiger partial charge in [0, 0.05) is 43.0 Å². The predicted octanol–water partition coefficient (Wildman–Crippen LogP) is 2.48. The number of carbonyl (C=O) groups excluding carboxylic acids is 1. The second-order valence-electron chi connectivity index (χ2n) is 7.98. The number of carbonyl (C=O) groups is 2. The van der Waals surface area contributed by atoms with Crippen molar-refractivity contribution in [2.24, 2.45) is 0 Å². The molecule has 0 radical (unpaired) electrons. The van der Waals surface area contributed by atoms with Crippen LogP contribution in [0.3, 0.4) is 0 Å². The lowest BCUT2D eigenvalue weighted by molar-refractivity contribution is -0.138. The van der Waals surface area contributed by atoms with E-state index in [0.29, 0.717) is 17.2 Å². The molecular formula is C24H26N4O6S2. The summed E-state index contributed by atoms with van der Waals surface area (Å²) in [6.07, 6.45) is 3.01. The number of fused-ring (bicyclic) bond motifs is 1. The summed E-state index contributed by atoms with van der Waals surface area (Å²) in [5, 5.41) is 16.9. The van der Waals surface area contributed by atoms with Crippen LogP contribution in [0.15, 0.2) is 59.8 Å². The summed E-state index contributed by atoms with van der Waals surface area (Å²) in [4.78, 5) is 26.3. The molecule has 190 valence electrons. The van der Waals surface area contributed by atoms with Crippen molar-refractivity contribution in [3.05, 3.63) is 60.4 Å². The Bertz CT molecular complexity index is 1370. The van der Waals surface area contributed by atoms with Gasteiger partial charge in [0.15, 0.2) is 5.11 Å². The number of nitrogens with zero attached hydrogens (tertiary/aromatic N) is 1. The van der Waals surface area contributed by atoms with Gasteiger partial charge in [-0.2, -0.15) is 0 Å². The third-order valence-electron chi connectivity index (χ3n) is 5.17. The van der Waals surface area contributed by atoms with Crippen LogP contribution in [0, 0.1) is 0 Å². The summed E-state index contributed by atoms with van der Waals surface area (Å²) in [6, 6.07) is 10.6. The molecule has 12 heteroatoms. The zero-order chi connectivity index (χ0) is 26.3. The first-order valence-electron chi connectivity index (χ1n) is 10.9. The summed E-state index contributed by atoms with van der Waals surface area (Å²) in [5.74, 6) is -1.31. The van der Waals surface area contributed by atoms with E-state index in [4.69, 9.17) is 22.1 Å². The Labute approximate surface area is 214 Å². The Morgan fingerprint density at radius 1 is 1.22 bits per heavy atom. The number of hydrogen-bond acceptors (Lipinski definition) is 7. The maximum Gasteiger partial charge on any atom is 0.305 e. The Balaban J connectivity index is 1.93. The monoisotopic (exact) mass is 530 g/mol. The van der Waals surface area contributed by atoms with Crippen molar-refractivity contribution in [2.45, 2.75) is 36.8 Å². The second-order valence-corrected chi connectivity index (χ2v) is 10.1. The number of aromatic nitrogens is 1. The largest absolute Gasteiger partial charge is 0.489 e. The van der Waals surface area contributed by atoms with E-state index in [1.807, 2.05) is 24.3 Å². The number of carboxylic acid groups (broad SMARTS) is 1. The van der Waals surface area contributed by atoms with Gasteiger partial charge in [0.05, 0.1) is 12.5 Å². The number of aldehydes is 1. The third-order valence-corrected chi connectivity index (χ3v) is 7.01. The molecule has 36 heavy (non-hydrogen) atoms. The van der Waals surface area contributed by atoms with E-state index in [9.17, 15) is 18.0 Å². The first-order valence-corrected chi connectivity index (χ1v) is 12.8. The summed E-state index contributed by atoms with van der Waals surface area (Å²) < 4.78 is 34.4. The molecule has 0 saturated carbocycles. The van der Waals surface area contributed by atoms with Gasteiger partial charge in [-0.25, -0.2) is 13.1 Å². The van der Waals surface area contributed by atoms with Crippen molar-refractivity contribution >= 4 is 56.1 Å². The lowest BCUT2D eigenvalue weighted by Crippen LogP contribution is -2.37. The lowest BCUT2D eigenvalue weighted by Gasteiger charge is -2.20. The average molecular weight is 531 g/mol. The molecule has 0 saturated heterocycles. The molecule has 0 bridgehead atoms. The Kier molecular flexibility index (Phi) is 8.91. The normalized spacial score (nSPS) is 12.9. The van der Waals surface area contributed by atoms with Crippen molar-refractivity contribution < 1.29 is 27.9 Å². The Morgan fingerprint density at radius 3 is 2.67 bits per heavy atom. The van der Waals surface area contributed by atoms with Crippen molar-refractivity contribution in [3.8, 4) is 5.75 Å². The number of ether oxygens (including phenoxy) is 1. The summed E-state index contributed by atoms with van der Waals surface area (Å²) >= 11 is 5.12. The zero-order valence-electron chi connectivity index (χ0n) is 19.6. The molecule has 0 spiro atoms.